The Morgan fingerprint density at radius 1 is 1.00 bits per heavy atom. The van der Waals surface area contributed by atoms with Gasteiger partial charge in [0.2, 0.25) is 5.91 Å². The molecule has 0 aliphatic carbocycles. The van der Waals surface area contributed by atoms with Crippen LogP contribution >= 0.6 is 0 Å². The maximum absolute atomic E-state index is 12.5. The molecule has 0 atom stereocenters. The lowest BCUT2D eigenvalue weighted by atomic mass is 10.2. The summed E-state index contributed by atoms with van der Waals surface area (Å²) in [5, 5.41) is 4.29. The smallest absolute Gasteiger partial charge is 0.378 e. The first-order chi connectivity index (χ1) is 14.1. The second-order valence-corrected chi connectivity index (χ2v) is 6.49. The maximum atomic E-state index is 12.5. The first kappa shape index (κ1) is 18.5. The molecular formula is C21H18N4O4. The van der Waals surface area contributed by atoms with E-state index in [1.807, 2.05) is 60.7 Å². The van der Waals surface area contributed by atoms with Gasteiger partial charge in [-0.1, -0.05) is 48.5 Å². The molecule has 0 saturated carbocycles. The SMILES string of the molecule is O=C(OCC(=O)N1CCCC1=O)c1nc(-c2ccccc2)n(-c2ccccc2)n1. The van der Waals surface area contributed by atoms with Crippen molar-refractivity contribution < 1.29 is 19.1 Å². The summed E-state index contributed by atoms with van der Waals surface area (Å²) in [4.78, 5) is 41.6. The fraction of sp³-hybridized carbons (Fsp3) is 0.190. The number of para-hydroxylation sites is 1. The second kappa shape index (κ2) is 8.05. The number of rotatable bonds is 5. The predicted molar refractivity (Wildman–Crippen MR) is 103 cm³/mol. The van der Waals surface area contributed by atoms with E-state index in [9.17, 15) is 14.4 Å². The van der Waals surface area contributed by atoms with Gasteiger partial charge in [0.15, 0.2) is 12.4 Å². The summed E-state index contributed by atoms with van der Waals surface area (Å²) in [6.07, 6.45) is 0.963. The predicted octanol–water partition coefficient (Wildman–Crippen LogP) is 2.24. The fourth-order valence-corrected chi connectivity index (χ4v) is 3.10. The Morgan fingerprint density at radius 3 is 2.34 bits per heavy atom. The number of hydrogen-bond acceptors (Lipinski definition) is 6. The molecule has 4 rings (SSSR count). The van der Waals surface area contributed by atoms with Crippen LogP contribution in [0.1, 0.15) is 23.5 Å². The number of benzene rings is 2. The summed E-state index contributed by atoms with van der Waals surface area (Å²) < 4.78 is 6.62. The van der Waals surface area contributed by atoms with Crippen molar-refractivity contribution in [3.8, 4) is 17.1 Å². The fourth-order valence-electron chi connectivity index (χ4n) is 3.10. The average Bonchev–Trinajstić information content (AvgIpc) is 3.40. The van der Waals surface area contributed by atoms with Gasteiger partial charge in [0.25, 0.3) is 11.7 Å². The molecule has 1 saturated heterocycles. The van der Waals surface area contributed by atoms with Crippen molar-refractivity contribution in [2.75, 3.05) is 13.2 Å². The van der Waals surface area contributed by atoms with Gasteiger partial charge in [0.1, 0.15) is 0 Å². The normalized spacial score (nSPS) is 13.5. The minimum atomic E-state index is -0.822. The highest BCUT2D eigenvalue weighted by atomic mass is 16.5. The van der Waals surface area contributed by atoms with Gasteiger partial charge in [-0.2, -0.15) is 0 Å². The second-order valence-electron chi connectivity index (χ2n) is 6.49. The molecule has 29 heavy (non-hydrogen) atoms. The third kappa shape index (κ3) is 3.91. The molecule has 8 heteroatoms. The summed E-state index contributed by atoms with van der Waals surface area (Å²) >= 11 is 0. The number of carbonyl (C=O) groups is 3. The number of imide groups is 1. The zero-order valence-corrected chi connectivity index (χ0v) is 15.5. The van der Waals surface area contributed by atoms with Crippen molar-refractivity contribution >= 4 is 17.8 Å². The molecular weight excluding hydrogens is 372 g/mol. The van der Waals surface area contributed by atoms with E-state index in [4.69, 9.17) is 4.74 Å². The third-order valence-electron chi connectivity index (χ3n) is 4.52. The highest BCUT2D eigenvalue weighted by Gasteiger charge is 2.28. The summed E-state index contributed by atoms with van der Waals surface area (Å²) in [7, 11) is 0. The van der Waals surface area contributed by atoms with Gasteiger partial charge in [0.05, 0.1) is 5.69 Å². The van der Waals surface area contributed by atoms with E-state index in [-0.39, 0.29) is 11.7 Å². The van der Waals surface area contributed by atoms with Gasteiger partial charge in [-0.3, -0.25) is 14.5 Å². The van der Waals surface area contributed by atoms with Gasteiger partial charge in [0, 0.05) is 18.5 Å². The average molecular weight is 390 g/mol. The van der Waals surface area contributed by atoms with Crippen molar-refractivity contribution in [3.63, 3.8) is 0 Å². The number of hydrogen-bond donors (Lipinski definition) is 0. The largest absolute Gasteiger partial charge is 0.450 e. The third-order valence-corrected chi connectivity index (χ3v) is 4.52. The molecule has 1 fully saturated rings. The Kier molecular flexibility index (Phi) is 5.15. The molecule has 2 aromatic carbocycles. The van der Waals surface area contributed by atoms with E-state index in [0.29, 0.717) is 25.2 Å². The quantitative estimate of drug-likeness (QED) is 0.620. The molecule has 8 nitrogen and oxygen atoms in total. The molecule has 2 heterocycles. The topological polar surface area (TPSA) is 94.4 Å². The molecule has 146 valence electrons. The number of aromatic nitrogens is 3. The Morgan fingerprint density at radius 2 is 1.69 bits per heavy atom. The Labute approximate surface area is 166 Å². The number of ether oxygens (including phenoxy) is 1. The highest BCUT2D eigenvalue weighted by Crippen LogP contribution is 2.21. The van der Waals surface area contributed by atoms with Crippen LogP contribution in [-0.4, -0.2) is 50.6 Å². The number of carbonyl (C=O) groups excluding carboxylic acids is 3. The highest BCUT2D eigenvalue weighted by molar-refractivity contribution is 5.98. The number of esters is 1. The standard InChI is InChI=1S/C21H18N4O4/c26-17-12-7-13-24(17)18(27)14-29-21(28)19-22-20(15-8-3-1-4-9-15)25(23-19)16-10-5-2-6-11-16/h1-6,8-11H,7,12-14H2. The summed E-state index contributed by atoms with van der Waals surface area (Å²) in [6.45, 7) is -0.167. The van der Waals surface area contributed by atoms with Gasteiger partial charge in [-0.05, 0) is 18.6 Å². The van der Waals surface area contributed by atoms with Crippen LogP contribution < -0.4 is 0 Å². The van der Waals surface area contributed by atoms with Gasteiger partial charge in [-0.25, -0.2) is 14.5 Å². The Hall–Kier alpha value is -3.81. The summed E-state index contributed by atoms with van der Waals surface area (Å²) in [5.74, 6) is -1.29. The summed E-state index contributed by atoms with van der Waals surface area (Å²) in [6, 6.07) is 18.6. The van der Waals surface area contributed by atoms with Crippen LogP contribution in [0.2, 0.25) is 0 Å². The van der Waals surface area contributed by atoms with Gasteiger partial charge < -0.3 is 4.74 Å². The number of amides is 2. The van der Waals surface area contributed by atoms with Crippen LogP contribution in [0.15, 0.2) is 60.7 Å². The van der Waals surface area contributed by atoms with Crippen LogP contribution in [0.4, 0.5) is 0 Å². The van der Waals surface area contributed by atoms with Crippen LogP contribution in [0.5, 0.6) is 0 Å². The Balaban J connectivity index is 1.57. The van der Waals surface area contributed by atoms with Crippen molar-refractivity contribution in [3.05, 3.63) is 66.5 Å². The minimum absolute atomic E-state index is 0.159. The van der Waals surface area contributed by atoms with E-state index < -0.39 is 18.5 Å². The van der Waals surface area contributed by atoms with Crippen LogP contribution in [0.3, 0.4) is 0 Å². The number of likely N-dealkylation sites (tertiary alicyclic amines) is 1. The summed E-state index contributed by atoms with van der Waals surface area (Å²) in [5.41, 5.74) is 1.51. The monoisotopic (exact) mass is 390 g/mol. The van der Waals surface area contributed by atoms with Crippen molar-refractivity contribution in [2.24, 2.45) is 0 Å². The first-order valence-corrected chi connectivity index (χ1v) is 9.22. The van der Waals surface area contributed by atoms with Crippen LogP contribution in [0.25, 0.3) is 17.1 Å². The molecule has 0 radical (unpaired) electrons. The van der Waals surface area contributed by atoms with Crippen molar-refractivity contribution in [1.29, 1.82) is 0 Å². The van der Waals surface area contributed by atoms with E-state index in [1.165, 1.54) is 0 Å². The molecule has 2 amide bonds. The molecule has 0 unspecified atom stereocenters. The lowest BCUT2D eigenvalue weighted by molar-refractivity contribution is -0.143. The van der Waals surface area contributed by atoms with E-state index in [2.05, 4.69) is 10.1 Å². The molecule has 1 aliphatic heterocycles. The van der Waals surface area contributed by atoms with E-state index in [0.717, 1.165) is 16.2 Å². The molecule has 3 aromatic rings. The van der Waals surface area contributed by atoms with E-state index >= 15 is 0 Å². The minimum Gasteiger partial charge on any atom is -0.450 e. The van der Waals surface area contributed by atoms with Gasteiger partial charge >= 0.3 is 5.97 Å². The van der Waals surface area contributed by atoms with Gasteiger partial charge in [-0.15, -0.1) is 5.10 Å². The molecule has 0 N–H and O–H groups in total. The van der Waals surface area contributed by atoms with Crippen LogP contribution in [0, 0.1) is 0 Å². The molecule has 0 bridgehead atoms. The van der Waals surface area contributed by atoms with Crippen molar-refractivity contribution in [2.45, 2.75) is 12.8 Å². The van der Waals surface area contributed by atoms with Crippen molar-refractivity contribution in [1.82, 2.24) is 19.7 Å². The molecule has 1 aromatic heterocycles. The number of nitrogens with zero attached hydrogens (tertiary/aromatic N) is 4. The molecule has 0 spiro atoms. The first-order valence-electron chi connectivity index (χ1n) is 9.22. The van der Waals surface area contributed by atoms with Crippen LogP contribution in [-0.2, 0) is 14.3 Å². The zero-order valence-electron chi connectivity index (χ0n) is 15.5. The maximum Gasteiger partial charge on any atom is 0.378 e. The lowest BCUT2D eigenvalue weighted by Crippen LogP contribution is -2.35. The Bertz CT molecular complexity index is 990. The molecule has 1 aliphatic rings. The van der Waals surface area contributed by atoms with E-state index in [1.54, 1.807) is 4.68 Å². The lowest BCUT2D eigenvalue weighted by Gasteiger charge is -2.12. The zero-order chi connectivity index (χ0) is 20.2.